The monoisotopic (exact) mass is 293 g/mol. The zero-order chi connectivity index (χ0) is 15.5. The molecule has 0 aliphatic carbocycles. The zero-order valence-corrected chi connectivity index (χ0v) is 12.4. The Morgan fingerprint density at radius 1 is 1.29 bits per heavy atom. The number of nitrogens with one attached hydrogen (secondary N) is 1. The van der Waals surface area contributed by atoms with Gasteiger partial charge in [-0.25, -0.2) is 4.79 Å². The van der Waals surface area contributed by atoms with Gasteiger partial charge in [0.05, 0.1) is 0 Å². The fraction of sp³-hybridized carbons (Fsp3) is 0.500. The molecule has 0 aliphatic rings. The quantitative estimate of drug-likeness (QED) is 0.647. The number of benzene rings is 1. The van der Waals surface area contributed by atoms with Crippen LogP contribution in [0.3, 0.4) is 0 Å². The van der Waals surface area contributed by atoms with Crippen LogP contribution in [0.25, 0.3) is 0 Å². The molecule has 0 spiro atoms. The minimum absolute atomic E-state index is 0.241. The van der Waals surface area contributed by atoms with E-state index < -0.39 is 12.0 Å². The number of carbonyl (C=O) groups excluding carboxylic acids is 1. The molecule has 0 aliphatic heterocycles. The highest BCUT2D eigenvalue weighted by Gasteiger charge is 2.19. The number of carboxylic acids is 1. The van der Waals surface area contributed by atoms with Crippen LogP contribution >= 0.6 is 0 Å². The van der Waals surface area contributed by atoms with Gasteiger partial charge < -0.3 is 15.2 Å². The molecule has 21 heavy (non-hydrogen) atoms. The third kappa shape index (κ3) is 7.46. The van der Waals surface area contributed by atoms with Crippen molar-refractivity contribution in [2.24, 2.45) is 0 Å². The van der Waals surface area contributed by atoms with Crippen LogP contribution in [0.2, 0.25) is 0 Å². The van der Waals surface area contributed by atoms with Gasteiger partial charge in [-0.05, 0) is 31.7 Å². The molecular formula is C16H23NO4. The molecule has 0 saturated carbocycles. The fourth-order valence-corrected chi connectivity index (χ4v) is 1.96. The standard InChI is InChI=1S/C16H23NO4/c1-2-21-12-6-9-15(18)17-14(16(19)20)11-10-13-7-4-3-5-8-13/h3-5,7-8,14H,2,6,9-12H2,1H3,(H,17,18)(H,19,20). The van der Waals surface area contributed by atoms with E-state index in [1.807, 2.05) is 37.3 Å². The minimum Gasteiger partial charge on any atom is -0.480 e. The molecule has 1 aromatic carbocycles. The number of carboxylic acid groups (broad SMARTS) is 1. The van der Waals surface area contributed by atoms with Crippen molar-refractivity contribution < 1.29 is 19.4 Å². The first kappa shape index (κ1) is 17.2. The van der Waals surface area contributed by atoms with Crippen molar-refractivity contribution in [1.29, 1.82) is 0 Å². The predicted molar refractivity (Wildman–Crippen MR) is 80.1 cm³/mol. The topological polar surface area (TPSA) is 75.6 Å². The number of hydrogen-bond donors (Lipinski definition) is 2. The SMILES string of the molecule is CCOCCCC(=O)NC(CCc1ccccc1)C(=O)O. The van der Waals surface area contributed by atoms with Crippen LogP contribution in [-0.4, -0.2) is 36.2 Å². The highest BCUT2D eigenvalue weighted by Crippen LogP contribution is 2.06. The highest BCUT2D eigenvalue weighted by molar-refractivity contribution is 5.83. The summed E-state index contributed by atoms with van der Waals surface area (Å²) in [6.45, 7) is 3.03. The van der Waals surface area contributed by atoms with Crippen molar-refractivity contribution in [3.63, 3.8) is 0 Å². The number of amides is 1. The second-order valence-electron chi connectivity index (χ2n) is 4.78. The van der Waals surface area contributed by atoms with Gasteiger partial charge in [-0.1, -0.05) is 30.3 Å². The van der Waals surface area contributed by atoms with Crippen molar-refractivity contribution in [3.8, 4) is 0 Å². The Morgan fingerprint density at radius 3 is 2.62 bits per heavy atom. The summed E-state index contributed by atoms with van der Waals surface area (Å²) in [7, 11) is 0. The predicted octanol–water partition coefficient (Wildman–Crippen LogP) is 2.01. The molecule has 0 heterocycles. The molecule has 2 N–H and O–H groups in total. The molecule has 0 saturated heterocycles. The lowest BCUT2D eigenvalue weighted by molar-refractivity contribution is -0.142. The maximum Gasteiger partial charge on any atom is 0.326 e. The maximum absolute atomic E-state index is 11.7. The van der Waals surface area contributed by atoms with Crippen LogP contribution in [0.4, 0.5) is 0 Å². The van der Waals surface area contributed by atoms with E-state index in [2.05, 4.69) is 5.32 Å². The molecule has 116 valence electrons. The Bertz CT molecular complexity index is 433. The minimum atomic E-state index is -0.996. The summed E-state index contributed by atoms with van der Waals surface area (Å²) >= 11 is 0. The van der Waals surface area contributed by atoms with Crippen LogP contribution in [0.1, 0.15) is 31.7 Å². The van der Waals surface area contributed by atoms with E-state index in [1.54, 1.807) is 0 Å². The highest BCUT2D eigenvalue weighted by atomic mass is 16.5. The van der Waals surface area contributed by atoms with E-state index in [9.17, 15) is 14.7 Å². The maximum atomic E-state index is 11.7. The number of ether oxygens (including phenoxy) is 1. The van der Waals surface area contributed by atoms with Crippen molar-refractivity contribution in [1.82, 2.24) is 5.32 Å². The van der Waals surface area contributed by atoms with Gasteiger partial charge in [0.2, 0.25) is 5.91 Å². The zero-order valence-electron chi connectivity index (χ0n) is 12.4. The Kier molecular flexibility index (Phi) is 8.12. The third-order valence-corrected chi connectivity index (χ3v) is 3.09. The normalized spacial score (nSPS) is 11.9. The van der Waals surface area contributed by atoms with Crippen LogP contribution in [0.5, 0.6) is 0 Å². The first-order valence-electron chi connectivity index (χ1n) is 7.27. The van der Waals surface area contributed by atoms with Crippen molar-refractivity contribution in [2.75, 3.05) is 13.2 Å². The van der Waals surface area contributed by atoms with Crippen LogP contribution < -0.4 is 5.32 Å². The number of hydrogen-bond acceptors (Lipinski definition) is 3. The molecule has 5 heteroatoms. The summed E-state index contributed by atoms with van der Waals surface area (Å²) in [5.74, 6) is -1.24. The first-order chi connectivity index (χ1) is 10.1. The molecule has 0 bridgehead atoms. The van der Waals surface area contributed by atoms with Gasteiger partial charge >= 0.3 is 5.97 Å². The van der Waals surface area contributed by atoms with Crippen molar-refractivity contribution in [2.45, 2.75) is 38.6 Å². The number of aryl methyl sites for hydroxylation is 1. The number of rotatable bonds is 10. The van der Waals surface area contributed by atoms with Crippen LogP contribution in [0.15, 0.2) is 30.3 Å². The average Bonchev–Trinajstić information content (AvgIpc) is 2.48. The molecule has 1 aromatic rings. The summed E-state index contributed by atoms with van der Waals surface area (Å²) in [5.41, 5.74) is 1.06. The Labute approximate surface area is 125 Å². The summed E-state index contributed by atoms with van der Waals surface area (Å²) in [4.78, 5) is 22.9. The molecule has 5 nitrogen and oxygen atoms in total. The van der Waals surface area contributed by atoms with Crippen LogP contribution in [0, 0.1) is 0 Å². The van der Waals surface area contributed by atoms with E-state index in [0.717, 1.165) is 5.56 Å². The van der Waals surface area contributed by atoms with Crippen LogP contribution in [-0.2, 0) is 20.7 Å². The smallest absolute Gasteiger partial charge is 0.326 e. The second-order valence-corrected chi connectivity index (χ2v) is 4.78. The lowest BCUT2D eigenvalue weighted by Crippen LogP contribution is -2.41. The summed E-state index contributed by atoms with van der Waals surface area (Å²) in [6.07, 6.45) is 1.90. The molecule has 0 aromatic heterocycles. The fourth-order valence-electron chi connectivity index (χ4n) is 1.96. The second kappa shape index (κ2) is 9.94. The van der Waals surface area contributed by atoms with E-state index in [-0.39, 0.29) is 12.3 Å². The lowest BCUT2D eigenvalue weighted by Gasteiger charge is -2.14. The molecule has 0 fully saturated rings. The van der Waals surface area contributed by atoms with Gasteiger partial charge in [0.1, 0.15) is 6.04 Å². The van der Waals surface area contributed by atoms with Gasteiger partial charge in [0.25, 0.3) is 0 Å². The van der Waals surface area contributed by atoms with Gasteiger partial charge in [-0.2, -0.15) is 0 Å². The average molecular weight is 293 g/mol. The van der Waals surface area contributed by atoms with Gasteiger partial charge in [0.15, 0.2) is 0 Å². The summed E-state index contributed by atoms with van der Waals surface area (Å²) < 4.78 is 5.15. The molecule has 1 atom stereocenters. The van der Waals surface area contributed by atoms with E-state index in [1.165, 1.54) is 0 Å². The van der Waals surface area contributed by atoms with E-state index in [0.29, 0.717) is 32.5 Å². The lowest BCUT2D eigenvalue weighted by atomic mass is 10.1. The van der Waals surface area contributed by atoms with Gasteiger partial charge in [-0.3, -0.25) is 4.79 Å². The number of carbonyl (C=O) groups is 2. The Morgan fingerprint density at radius 2 is 2.00 bits per heavy atom. The van der Waals surface area contributed by atoms with E-state index in [4.69, 9.17) is 4.74 Å². The first-order valence-corrected chi connectivity index (χ1v) is 7.27. The third-order valence-electron chi connectivity index (χ3n) is 3.09. The van der Waals surface area contributed by atoms with Gasteiger partial charge in [-0.15, -0.1) is 0 Å². The van der Waals surface area contributed by atoms with Crippen molar-refractivity contribution >= 4 is 11.9 Å². The molecule has 1 amide bonds. The Hall–Kier alpha value is -1.88. The molecule has 0 radical (unpaired) electrons. The van der Waals surface area contributed by atoms with Crippen molar-refractivity contribution in [3.05, 3.63) is 35.9 Å². The summed E-state index contributed by atoms with van der Waals surface area (Å²) in [6, 6.07) is 8.79. The molecule has 1 unspecified atom stereocenters. The van der Waals surface area contributed by atoms with E-state index >= 15 is 0 Å². The molecule has 1 rings (SSSR count). The van der Waals surface area contributed by atoms with Gasteiger partial charge in [0, 0.05) is 19.6 Å². The number of aliphatic carboxylic acids is 1. The molecular weight excluding hydrogens is 270 g/mol. The Balaban J connectivity index is 2.35. The largest absolute Gasteiger partial charge is 0.480 e. The summed E-state index contributed by atoms with van der Waals surface area (Å²) in [5, 5.41) is 11.7.